The number of ether oxygens (including phenoxy) is 2. The first kappa shape index (κ1) is 21.9. The van der Waals surface area contributed by atoms with Crippen LogP contribution in [0.4, 0.5) is 19.3 Å². The monoisotopic (exact) mass is 458 g/mol. The molecule has 1 aliphatic heterocycles. The molecule has 0 fully saturated rings. The number of carbonyl (C=O) groups is 1. The number of anilines is 1. The van der Waals surface area contributed by atoms with Crippen molar-refractivity contribution in [3.05, 3.63) is 87.9 Å². The number of nitrogens with zero attached hydrogens (tertiary/aromatic N) is 1. The van der Waals surface area contributed by atoms with Gasteiger partial charge in [-0.2, -0.15) is 0 Å². The lowest BCUT2D eigenvalue weighted by atomic mass is 9.87. The molecule has 0 aliphatic carbocycles. The Bertz CT molecular complexity index is 1150. The lowest BCUT2D eigenvalue weighted by Gasteiger charge is -2.38. The fourth-order valence-electron chi connectivity index (χ4n) is 4.01. The average molecular weight is 459 g/mol. The molecule has 8 heteroatoms. The van der Waals surface area contributed by atoms with Gasteiger partial charge in [0.1, 0.15) is 11.6 Å². The Balaban J connectivity index is 1.83. The van der Waals surface area contributed by atoms with Crippen LogP contribution in [0.25, 0.3) is 0 Å². The summed E-state index contributed by atoms with van der Waals surface area (Å²) in [6.07, 6.45) is 0.509. The second kappa shape index (κ2) is 9.04. The maximum absolute atomic E-state index is 15.0. The summed E-state index contributed by atoms with van der Waals surface area (Å²) in [5.41, 5.74) is 2.04. The molecule has 0 aromatic heterocycles. The van der Waals surface area contributed by atoms with Gasteiger partial charge in [-0.25, -0.2) is 13.6 Å². The van der Waals surface area contributed by atoms with Gasteiger partial charge >= 0.3 is 6.03 Å². The van der Waals surface area contributed by atoms with Gasteiger partial charge in [0.2, 0.25) is 0 Å². The number of methoxy groups -OCH3 is 2. The van der Waals surface area contributed by atoms with Gasteiger partial charge in [-0.15, -0.1) is 0 Å². The highest BCUT2D eigenvalue weighted by atomic mass is 35.5. The maximum Gasteiger partial charge on any atom is 0.322 e. The van der Waals surface area contributed by atoms with Crippen molar-refractivity contribution in [2.45, 2.75) is 12.5 Å². The predicted molar refractivity (Wildman–Crippen MR) is 119 cm³/mol. The number of fused-ring (bicyclic) bond motifs is 1. The minimum atomic E-state index is -0.819. The van der Waals surface area contributed by atoms with Crippen LogP contribution in [0.1, 0.15) is 22.7 Å². The number of amides is 2. The zero-order chi connectivity index (χ0) is 22.8. The maximum atomic E-state index is 15.0. The Morgan fingerprint density at radius 3 is 2.47 bits per heavy atom. The fraction of sp³-hybridized carbons (Fsp3) is 0.208. The standard InChI is InChI=1S/C24H21ClF2N2O3/c1-31-20-11-14-9-10-29(24(30)28-16-6-3-5-15(26)12-16)23(17(14)13-21(20)32-2)22-18(25)7-4-8-19(22)27/h3-8,11-13,23H,9-10H2,1-2H3,(H,28,30)/t23-/m0/s1. The molecule has 0 bridgehead atoms. The third-order valence-electron chi connectivity index (χ3n) is 5.48. The van der Waals surface area contributed by atoms with Crippen molar-refractivity contribution < 1.29 is 23.0 Å². The van der Waals surface area contributed by atoms with Gasteiger partial charge in [-0.05, 0) is 60.0 Å². The summed E-state index contributed by atoms with van der Waals surface area (Å²) in [6.45, 7) is 0.291. The molecule has 1 atom stereocenters. The molecule has 32 heavy (non-hydrogen) atoms. The van der Waals surface area contributed by atoms with E-state index in [1.165, 1.54) is 49.5 Å². The van der Waals surface area contributed by atoms with Gasteiger partial charge in [0, 0.05) is 22.8 Å². The van der Waals surface area contributed by atoms with Crippen molar-refractivity contribution in [3.8, 4) is 11.5 Å². The first-order chi connectivity index (χ1) is 15.4. The number of urea groups is 1. The molecule has 3 aromatic carbocycles. The lowest BCUT2D eigenvalue weighted by Crippen LogP contribution is -2.43. The van der Waals surface area contributed by atoms with E-state index in [1.807, 2.05) is 6.07 Å². The molecule has 1 N–H and O–H groups in total. The molecule has 0 saturated carbocycles. The third-order valence-corrected chi connectivity index (χ3v) is 5.81. The normalized spacial score (nSPS) is 15.2. The van der Waals surface area contributed by atoms with E-state index >= 15 is 4.39 Å². The van der Waals surface area contributed by atoms with Crippen LogP contribution in [0, 0.1) is 11.6 Å². The highest BCUT2D eigenvalue weighted by molar-refractivity contribution is 6.31. The Morgan fingerprint density at radius 1 is 1.06 bits per heavy atom. The lowest BCUT2D eigenvalue weighted by molar-refractivity contribution is 0.192. The number of rotatable bonds is 4. The third kappa shape index (κ3) is 4.08. The highest BCUT2D eigenvalue weighted by Gasteiger charge is 2.36. The number of benzene rings is 3. The van der Waals surface area contributed by atoms with Crippen LogP contribution in [-0.4, -0.2) is 31.7 Å². The Kier molecular flexibility index (Phi) is 6.19. The summed E-state index contributed by atoms with van der Waals surface area (Å²) < 4.78 is 39.5. The number of nitrogens with one attached hydrogen (secondary N) is 1. The van der Waals surface area contributed by atoms with Crippen LogP contribution < -0.4 is 14.8 Å². The van der Waals surface area contributed by atoms with Crippen LogP contribution in [0.3, 0.4) is 0 Å². The molecule has 3 aromatic rings. The summed E-state index contributed by atoms with van der Waals surface area (Å²) in [4.78, 5) is 14.7. The largest absolute Gasteiger partial charge is 0.493 e. The van der Waals surface area contributed by atoms with E-state index in [2.05, 4.69) is 5.32 Å². The van der Waals surface area contributed by atoms with Crippen molar-refractivity contribution in [1.82, 2.24) is 4.90 Å². The fourth-order valence-corrected chi connectivity index (χ4v) is 4.28. The second-order valence-corrected chi connectivity index (χ2v) is 7.73. The second-order valence-electron chi connectivity index (χ2n) is 7.33. The summed E-state index contributed by atoms with van der Waals surface area (Å²) in [5, 5.41) is 2.89. The Labute approximate surface area is 189 Å². The summed E-state index contributed by atoms with van der Waals surface area (Å²) in [7, 11) is 3.05. The van der Waals surface area contributed by atoms with Crippen molar-refractivity contribution in [2.24, 2.45) is 0 Å². The Morgan fingerprint density at radius 2 is 1.78 bits per heavy atom. The van der Waals surface area contributed by atoms with Crippen LogP contribution in [0.5, 0.6) is 11.5 Å². The van der Waals surface area contributed by atoms with Crippen LogP contribution in [-0.2, 0) is 6.42 Å². The van der Waals surface area contributed by atoms with Crippen LogP contribution in [0.2, 0.25) is 5.02 Å². The van der Waals surface area contributed by atoms with Gasteiger partial charge in [-0.1, -0.05) is 23.7 Å². The molecule has 2 amide bonds. The summed E-state index contributed by atoms with van der Waals surface area (Å²) in [5.74, 6) is -0.00981. The van der Waals surface area contributed by atoms with E-state index in [0.29, 0.717) is 35.7 Å². The van der Waals surface area contributed by atoms with E-state index in [0.717, 1.165) is 5.56 Å². The molecule has 0 radical (unpaired) electrons. The molecule has 4 rings (SSSR count). The molecule has 166 valence electrons. The number of carbonyl (C=O) groups excluding carboxylic acids is 1. The molecule has 0 saturated heterocycles. The van der Waals surface area contributed by atoms with E-state index in [1.54, 1.807) is 18.2 Å². The molecule has 1 aliphatic rings. The Hall–Kier alpha value is -3.32. The van der Waals surface area contributed by atoms with Gasteiger partial charge in [0.25, 0.3) is 0 Å². The number of hydrogen-bond acceptors (Lipinski definition) is 3. The van der Waals surface area contributed by atoms with E-state index < -0.39 is 23.7 Å². The van der Waals surface area contributed by atoms with Crippen molar-refractivity contribution in [3.63, 3.8) is 0 Å². The van der Waals surface area contributed by atoms with Gasteiger partial charge < -0.3 is 19.7 Å². The molecule has 5 nitrogen and oxygen atoms in total. The molecule has 0 unspecified atom stereocenters. The summed E-state index contributed by atoms with van der Waals surface area (Å²) >= 11 is 6.41. The van der Waals surface area contributed by atoms with E-state index in [9.17, 15) is 9.18 Å². The van der Waals surface area contributed by atoms with Crippen molar-refractivity contribution in [2.75, 3.05) is 26.1 Å². The number of halogens is 3. The smallest absolute Gasteiger partial charge is 0.322 e. The average Bonchev–Trinajstić information content (AvgIpc) is 2.77. The van der Waals surface area contributed by atoms with Gasteiger partial charge in [0.15, 0.2) is 11.5 Å². The van der Waals surface area contributed by atoms with E-state index in [4.69, 9.17) is 21.1 Å². The minimum absolute atomic E-state index is 0.178. The van der Waals surface area contributed by atoms with Crippen molar-refractivity contribution >= 4 is 23.3 Å². The highest BCUT2D eigenvalue weighted by Crippen LogP contribution is 2.43. The quantitative estimate of drug-likeness (QED) is 0.536. The zero-order valence-electron chi connectivity index (χ0n) is 17.5. The molecule has 0 spiro atoms. The number of hydrogen-bond donors (Lipinski definition) is 1. The summed E-state index contributed by atoms with van der Waals surface area (Å²) in [6, 6.07) is 12.2. The SMILES string of the molecule is COc1cc2c(cc1OC)[C@@H](c1c(F)cccc1Cl)N(C(=O)Nc1cccc(F)c1)CC2. The van der Waals surface area contributed by atoms with Crippen molar-refractivity contribution in [1.29, 1.82) is 0 Å². The van der Waals surface area contributed by atoms with Gasteiger partial charge in [-0.3, -0.25) is 0 Å². The van der Waals surface area contributed by atoms with Crippen LogP contribution >= 0.6 is 11.6 Å². The molecule has 1 heterocycles. The first-order valence-electron chi connectivity index (χ1n) is 9.94. The van der Waals surface area contributed by atoms with Gasteiger partial charge in [0.05, 0.1) is 20.3 Å². The van der Waals surface area contributed by atoms with Crippen LogP contribution in [0.15, 0.2) is 54.6 Å². The topological polar surface area (TPSA) is 50.8 Å². The molecular weight excluding hydrogens is 438 g/mol. The van der Waals surface area contributed by atoms with E-state index in [-0.39, 0.29) is 10.6 Å². The predicted octanol–water partition coefficient (Wildman–Crippen LogP) is 5.82. The zero-order valence-corrected chi connectivity index (χ0v) is 18.2. The minimum Gasteiger partial charge on any atom is -0.493 e. The first-order valence-corrected chi connectivity index (χ1v) is 10.3. The molecular formula is C24H21ClF2N2O3.